The molecule has 0 aliphatic rings. The van der Waals surface area contributed by atoms with Crippen molar-refractivity contribution in [2.24, 2.45) is 0 Å². The Bertz CT molecular complexity index is 172. The molecule has 0 aromatic carbocycles. The maximum atomic E-state index is 10.2. The second-order valence-corrected chi connectivity index (χ2v) is 3.27. The van der Waals surface area contributed by atoms with Crippen LogP contribution in [0.5, 0.6) is 0 Å². The van der Waals surface area contributed by atoms with Crippen LogP contribution in [0.4, 0.5) is 0 Å². The monoisotopic (exact) mass is 252 g/mol. The maximum absolute atomic E-state index is 10.2. The Hall–Kier alpha value is -0.320. The predicted molar refractivity (Wildman–Crippen MR) is 49.4 cm³/mol. The third kappa shape index (κ3) is 3.66. The fourth-order valence-electron chi connectivity index (χ4n) is 0.378. The van der Waals surface area contributed by atoms with Crippen molar-refractivity contribution in [3.05, 3.63) is 24.3 Å². The van der Waals surface area contributed by atoms with Crippen LogP contribution < -0.4 is 0 Å². The minimum Gasteiger partial charge on any atom is -0.478 e. The zero-order valence-electron chi connectivity index (χ0n) is 5.67. The second-order valence-electron chi connectivity index (χ2n) is 1.83. The van der Waals surface area contributed by atoms with E-state index in [0.717, 1.165) is 0 Å². The molecule has 2 nitrogen and oxygen atoms in total. The molecule has 0 spiro atoms. The highest BCUT2D eigenvalue weighted by Gasteiger charge is 2.00. The van der Waals surface area contributed by atoms with Gasteiger partial charge in [0.15, 0.2) is 0 Å². The van der Waals surface area contributed by atoms with E-state index in [2.05, 4.69) is 29.2 Å². The van der Waals surface area contributed by atoms with Gasteiger partial charge in [0, 0.05) is 9.50 Å². The lowest BCUT2D eigenvalue weighted by atomic mass is 10.2. The number of carbonyl (C=O) groups is 1. The minimum atomic E-state index is -0.872. The zero-order valence-corrected chi connectivity index (χ0v) is 7.83. The van der Waals surface area contributed by atoms with Gasteiger partial charge in [0.05, 0.1) is 0 Å². The van der Waals surface area contributed by atoms with Crippen molar-refractivity contribution in [2.45, 2.75) is 10.8 Å². The number of carboxylic acids is 1. The van der Waals surface area contributed by atoms with Crippen molar-refractivity contribution in [1.29, 1.82) is 0 Å². The third-order valence-corrected chi connectivity index (χ3v) is 1.84. The van der Waals surface area contributed by atoms with Crippen molar-refractivity contribution in [1.82, 2.24) is 0 Å². The molecule has 0 bridgehead atoms. The topological polar surface area (TPSA) is 37.3 Å². The van der Waals surface area contributed by atoms with Crippen LogP contribution in [0.15, 0.2) is 24.3 Å². The quantitative estimate of drug-likeness (QED) is 0.361. The number of aliphatic carboxylic acids is 1. The Morgan fingerprint density at radius 2 is 2.30 bits per heavy atom. The van der Waals surface area contributed by atoms with Gasteiger partial charge in [-0.3, -0.25) is 0 Å². The molecule has 3 heteroatoms. The molecular formula is C7H9IO2. The molecule has 1 N–H and O–H groups in total. The summed E-state index contributed by atoms with van der Waals surface area (Å²) in [7, 11) is 0. The molecule has 0 aromatic rings. The van der Waals surface area contributed by atoms with Crippen molar-refractivity contribution in [3.63, 3.8) is 0 Å². The van der Waals surface area contributed by atoms with Gasteiger partial charge < -0.3 is 5.11 Å². The number of alkyl halides is 1. The van der Waals surface area contributed by atoms with Crippen LogP contribution in [-0.4, -0.2) is 15.0 Å². The first-order valence-corrected chi connectivity index (χ1v) is 4.01. The molecule has 0 amide bonds. The van der Waals surface area contributed by atoms with Crippen LogP contribution >= 0.6 is 22.6 Å². The summed E-state index contributed by atoms with van der Waals surface area (Å²) in [5.74, 6) is -0.872. The number of carboxylic acid groups (broad SMARTS) is 1. The van der Waals surface area contributed by atoms with E-state index in [1.165, 1.54) is 0 Å². The molecule has 0 fully saturated rings. The largest absolute Gasteiger partial charge is 0.478 e. The molecular weight excluding hydrogens is 243 g/mol. The maximum Gasteiger partial charge on any atom is 0.330 e. The highest BCUT2D eigenvalue weighted by molar-refractivity contribution is 14.1. The summed E-state index contributed by atoms with van der Waals surface area (Å²) in [4.78, 5) is 10.2. The van der Waals surface area contributed by atoms with Gasteiger partial charge in [0.25, 0.3) is 0 Å². The average Bonchev–Trinajstić information content (AvgIpc) is 1.87. The number of hydrogen-bond donors (Lipinski definition) is 1. The molecule has 0 heterocycles. The molecule has 1 atom stereocenters. The lowest BCUT2D eigenvalue weighted by molar-refractivity contribution is -0.132. The molecule has 0 saturated carbocycles. The molecule has 0 radical (unpaired) electrons. The van der Waals surface area contributed by atoms with Gasteiger partial charge in [0.1, 0.15) is 0 Å². The van der Waals surface area contributed by atoms with Crippen LogP contribution in [0.25, 0.3) is 0 Å². The summed E-state index contributed by atoms with van der Waals surface area (Å²) in [6, 6.07) is 0. The van der Waals surface area contributed by atoms with E-state index in [0.29, 0.717) is 5.57 Å². The van der Waals surface area contributed by atoms with Crippen LogP contribution in [0, 0.1) is 0 Å². The van der Waals surface area contributed by atoms with Gasteiger partial charge in [-0.1, -0.05) is 34.7 Å². The Morgan fingerprint density at radius 3 is 2.60 bits per heavy atom. The lowest BCUT2D eigenvalue weighted by Crippen LogP contribution is -1.98. The van der Waals surface area contributed by atoms with Gasteiger partial charge >= 0.3 is 5.97 Å². The summed E-state index contributed by atoms with van der Waals surface area (Å²) in [6.45, 7) is 5.09. The Morgan fingerprint density at radius 1 is 1.80 bits per heavy atom. The summed E-state index contributed by atoms with van der Waals surface area (Å²) in [5, 5.41) is 8.42. The summed E-state index contributed by atoms with van der Waals surface area (Å²) in [5.41, 5.74) is 0.360. The first-order valence-electron chi connectivity index (χ1n) is 2.76. The fourth-order valence-corrected chi connectivity index (χ4v) is 0.918. The van der Waals surface area contributed by atoms with E-state index in [-0.39, 0.29) is 3.92 Å². The van der Waals surface area contributed by atoms with E-state index in [1.807, 2.05) is 0 Å². The minimum absolute atomic E-state index is 0.105. The summed E-state index contributed by atoms with van der Waals surface area (Å²) < 4.78 is 0.105. The first-order chi connectivity index (χ1) is 4.57. The van der Waals surface area contributed by atoms with Gasteiger partial charge in [-0.2, -0.15) is 0 Å². The van der Waals surface area contributed by atoms with Gasteiger partial charge in [-0.05, 0) is 6.92 Å². The van der Waals surface area contributed by atoms with Crippen molar-refractivity contribution < 1.29 is 9.90 Å². The average molecular weight is 252 g/mol. The van der Waals surface area contributed by atoms with E-state index < -0.39 is 5.97 Å². The highest BCUT2D eigenvalue weighted by Crippen LogP contribution is 2.06. The number of allylic oxidation sites excluding steroid dienone is 2. The van der Waals surface area contributed by atoms with Crippen molar-refractivity contribution in [2.75, 3.05) is 0 Å². The summed E-state index contributed by atoms with van der Waals surface area (Å²) >= 11 is 2.10. The van der Waals surface area contributed by atoms with Gasteiger partial charge in [0.2, 0.25) is 0 Å². The van der Waals surface area contributed by atoms with E-state index in [4.69, 9.17) is 5.11 Å². The Balaban J connectivity index is 4.15. The molecule has 0 aliphatic carbocycles. The third-order valence-electron chi connectivity index (χ3n) is 0.972. The molecule has 0 rings (SSSR count). The molecule has 56 valence electrons. The smallest absolute Gasteiger partial charge is 0.330 e. The first kappa shape index (κ1) is 9.68. The van der Waals surface area contributed by atoms with Crippen molar-refractivity contribution in [3.8, 4) is 0 Å². The van der Waals surface area contributed by atoms with E-state index in [9.17, 15) is 4.79 Å². The molecule has 10 heavy (non-hydrogen) atoms. The van der Waals surface area contributed by atoms with Gasteiger partial charge in [-0.15, -0.1) is 6.58 Å². The molecule has 1 unspecified atom stereocenters. The zero-order chi connectivity index (χ0) is 8.15. The lowest BCUT2D eigenvalue weighted by Gasteiger charge is -1.95. The van der Waals surface area contributed by atoms with Crippen LogP contribution in [-0.2, 0) is 4.79 Å². The van der Waals surface area contributed by atoms with E-state index in [1.54, 1.807) is 19.1 Å². The number of hydrogen-bond acceptors (Lipinski definition) is 1. The van der Waals surface area contributed by atoms with Crippen molar-refractivity contribution >= 4 is 28.6 Å². The Labute approximate surface area is 73.8 Å². The standard InChI is InChI=1S/C7H9IO2/c1-3-6(8)4-5(2)7(9)10/h3-4,6H,1H2,2H3,(H,9,10). The summed E-state index contributed by atoms with van der Waals surface area (Å²) in [6.07, 6.45) is 3.34. The second kappa shape index (κ2) is 4.49. The van der Waals surface area contributed by atoms with Crippen LogP contribution in [0.3, 0.4) is 0 Å². The Kier molecular flexibility index (Phi) is 4.34. The van der Waals surface area contributed by atoms with E-state index >= 15 is 0 Å². The fraction of sp³-hybridized carbons (Fsp3) is 0.286. The normalized spacial score (nSPS) is 14.4. The SMILES string of the molecule is C=CC(I)C=C(C)C(=O)O. The molecule has 0 aromatic heterocycles. The molecule has 0 aliphatic heterocycles. The van der Waals surface area contributed by atoms with Crippen LogP contribution in [0.2, 0.25) is 0 Å². The molecule has 0 saturated heterocycles. The number of rotatable bonds is 3. The van der Waals surface area contributed by atoms with Gasteiger partial charge in [-0.25, -0.2) is 4.79 Å². The number of halogens is 1. The highest BCUT2D eigenvalue weighted by atomic mass is 127. The predicted octanol–water partition coefficient (Wildman–Crippen LogP) is 2.01. The van der Waals surface area contributed by atoms with Crippen LogP contribution in [0.1, 0.15) is 6.92 Å².